The molecule has 1 fully saturated rings. The van der Waals surface area contributed by atoms with Crippen LogP contribution in [0.5, 0.6) is 0 Å². The lowest BCUT2D eigenvalue weighted by molar-refractivity contribution is 0.348. The van der Waals surface area contributed by atoms with Crippen molar-refractivity contribution in [2.75, 3.05) is 0 Å². The van der Waals surface area contributed by atoms with E-state index in [2.05, 4.69) is 62.4 Å². The highest BCUT2D eigenvalue weighted by Gasteiger charge is 2.19. The molecule has 1 aliphatic carbocycles. The van der Waals surface area contributed by atoms with Crippen LogP contribution in [-0.4, -0.2) is 0 Å². The van der Waals surface area contributed by atoms with Gasteiger partial charge in [-0.3, -0.25) is 0 Å². The SMILES string of the molecule is CC.CC.Cc1ccc(-c2ccc(C3CCC(C)CC3)cc2)cc1. The zero-order valence-electron chi connectivity index (χ0n) is 16.6. The zero-order chi connectivity index (χ0) is 17.9. The summed E-state index contributed by atoms with van der Waals surface area (Å²) in [5.41, 5.74) is 5.51. The Morgan fingerprint density at radius 3 is 1.50 bits per heavy atom. The standard InChI is InChI=1S/C20H24.2C2H6/c1-15-3-7-17(8-4-15)19-11-13-20(14-12-19)18-9-5-16(2)6-10-18;2*1-2/h3-4,7-8,11-14,16,18H,5-6,9-10H2,1-2H3;2*1-2H3. The molecule has 0 radical (unpaired) electrons. The van der Waals surface area contributed by atoms with Gasteiger partial charge < -0.3 is 0 Å². The Kier molecular flexibility index (Phi) is 9.45. The first kappa shape index (κ1) is 20.5. The van der Waals surface area contributed by atoms with E-state index < -0.39 is 0 Å². The van der Waals surface area contributed by atoms with Crippen molar-refractivity contribution < 1.29 is 0 Å². The molecule has 3 rings (SSSR count). The molecular weight excluding hydrogens is 288 g/mol. The lowest BCUT2D eigenvalue weighted by Crippen LogP contribution is -2.10. The topological polar surface area (TPSA) is 0 Å². The first-order valence-electron chi connectivity index (χ1n) is 9.89. The monoisotopic (exact) mass is 324 g/mol. The van der Waals surface area contributed by atoms with Gasteiger partial charge in [-0.25, -0.2) is 0 Å². The predicted octanol–water partition coefficient (Wildman–Crippen LogP) is 8.01. The van der Waals surface area contributed by atoms with Gasteiger partial charge in [0, 0.05) is 0 Å². The number of hydrogen-bond acceptors (Lipinski definition) is 0. The van der Waals surface area contributed by atoms with E-state index in [0.29, 0.717) is 0 Å². The summed E-state index contributed by atoms with van der Waals surface area (Å²) in [5.74, 6) is 1.72. The van der Waals surface area contributed by atoms with E-state index >= 15 is 0 Å². The molecule has 0 atom stereocenters. The van der Waals surface area contributed by atoms with E-state index in [9.17, 15) is 0 Å². The molecule has 0 saturated heterocycles. The molecule has 132 valence electrons. The largest absolute Gasteiger partial charge is 0.0683 e. The van der Waals surface area contributed by atoms with Crippen LogP contribution in [0.15, 0.2) is 48.5 Å². The van der Waals surface area contributed by atoms with Crippen LogP contribution < -0.4 is 0 Å². The highest BCUT2D eigenvalue weighted by atomic mass is 14.2. The van der Waals surface area contributed by atoms with Crippen LogP contribution in [0.2, 0.25) is 0 Å². The van der Waals surface area contributed by atoms with E-state index in [4.69, 9.17) is 0 Å². The smallest absolute Gasteiger partial charge is 0.0162 e. The molecule has 0 aliphatic heterocycles. The molecule has 0 nitrogen and oxygen atoms in total. The molecule has 0 heteroatoms. The average molecular weight is 325 g/mol. The Bertz CT molecular complexity index is 540. The number of aryl methyl sites for hydroxylation is 1. The number of benzene rings is 2. The summed E-state index contributed by atoms with van der Waals surface area (Å²) in [4.78, 5) is 0. The van der Waals surface area contributed by atoms with Crippen molar-refractivity contribution in [3.63, 3.8) is 0 Å². The Morgan fingerprint density at radius 1 is 0.625 bits per heavy atom. The highest BCUT2D eigenvalue weighted by Crippen LogP contribution is 2.36. The number of hydrogen-bond donors (Lipinski definition) is 0. The van der Waals surface area contributed by atoms with Gasteiger partial charge >= 0.3 is 0 Å². The van der Waals surface area contributed by atoms with Crippen LogP contribution in [0.1, 0.15) is 77.3 Å². The van der Waals surface area contributed by atoms with Gasteiger partial charge in [-0.1, -0.05) is 102 Å². The molecule has 0 spiro atoms. The minimum Gasteiger partial charge on any atom is -0.0683 e. The summed E-state index contributed by atoms with van der Waals surface area (Å²) < 4.78 is 0. The Balaban J connectivity index is 0.000000671. The van der Waals surface area contributed by atoms with Crippen LogP contribution in [0, 0.1) is 12.8 Å². The molecule has 0 amide bonds. The quantitative estimate of drug-likeness (QED) is 0.524. The molecule has 2 aromatic rings. The third-order valence-corrected chi connectivity index (χ3v) is 4.78. The van der Waals surface area contributed by atoms with Gasteiger partial charge in [0.2, 0.25) is 0 Å². The Morgan fingerprint density at radius 2 is 1.04 bits per heavy atom. The second-order valence-corrected chi connectivity index (χ2v) is 6.44. The van der Waals surface area contributed by atoms with Crippen LogP contribution >= 0.6 is 0 Å². The van der Waals surface area contributed by atoms with Gasteiger partial charge in [-0.15, -0.1) is 0 Å². The molecule has 1 aliphatic rings. The summed E-state index contributed by atoms with van der Waals surface area (Å²) in [6.45, 7) is 12.5. The first-order chi connectivity index (χ1) is 11.7. The minimum atomic E-state index is 0.790. The van der Waals surface area contributed by atoms with Crippen molar-refractivity contribution in [1.29, 1.82) is 0 Å². The molecule has 2 aromatic carbocycles. The lowest BCUT2D eigenvalue weighted by Gasteiger charge is -2.26. The van der Waals surface area contributed by atoms with E-state index in [1.807, 2.05) is 27.7 Å². The third kappa shape index (κ3) is 5.82. The van der Waals surface area contributed by atoms with Crippen LogP contribution in [0.25, 0.3) is 11.1 Å². The Labute approximate surface area is 150 Å². The van der Waals surface area contributed by atoms with E-state index in [-0.39, 0.29) is 0 Å². The summed E-state index contributed by atoms with van der Waals surface area (Å²) in [6.07, 6.45) is 5.52. The fraction of sp³-hybridized carbons (Fsp3) is 0.500. The van der Waals surface area contributed by atoms with Crippen molar-refractivity contribution in [3.05, 3.63) is 59.7 Å². The molecule has 0 N–H and O–H groups in total. The summed E-state index contributed by atoms with van der Waals surface area (Å²) in [7, 11) is 0. The second kappa shape index (κ2) is 11.1. The van der Waals surface area contributed by atoms with Crippen molar-refractivity contribution >= 4 is 0 Å². The Hall–Kier alpha value is -1.56. The maximum atomic E-state index is 2.39. The van der Waals surface area contributed by atoms with Crippen LogP contribution in [-0.2, 0) is 0 Å². The second-order valence-electron chi connectivity index (χ2n) is 6.44. The molecule has 0 unspecified atom stereocenters. The molecule has 0 bridgehead atoms. The van der Waals surface area contributed by atoms with Gasteiger partial charge in [0.05, 0.1) is 0 Å². The molecule has 0 aromatic heterocycles. The molecule has 0 heterocycles. The maximum absolute atomic E-state index is 2.39. The normalized spacial score (nSPS) is 19.4. The summed E-state index contributed by atoms with van der Waals surface area (Å²) in [5, 5.41) is 0. The zero-order valence-corrected chi connectivity index (χ0v) is 16.6. The van der Waals surface area contributed by atoms with E-state index in [1.165, 1.54) is 47.9 Å². The summed E-state index contributed by atoms with van der Waals surface area (Å²) in [6, 6.07) is 18.1. The highest BCUT2D eigenvalue weighted by molar-refractivity contribution is 5.64. The lowest BCUT2D eigenvalue weighted by atomic mass is 9.79. The van der Waals surface area contributed by atoms with Gasteiger partial charge in [0.15, 0.2) is 0 Å². The molecule has 1 saturated carbocycles. The van der Waals surface area contributed by atoms with Crippen molar-refractivity contribution in [3.8, 4) is 11.1 Å². The average Bonchev–Trinajstić information content (AvgIpc) is 2.66. The predicted molar refractivity (Wildman–Crippen MR) is 110 cm³/mol. The fourth-order valence-corrected chi connectivity index (χ4v) is 3.29. The summed E-state index contributed by atoms with van der Waals surface area (Å²) >= 11 is 0. The van der Waals surface area contributed by atoms with Gasteiger partial charge in [0.25, 0.3) is 0 Å². The van der Waals surface area contributed by atoms with Gasteiger partial charge in [-0.05, 0) is 48.3 Å². The molecule has 24 heavy (non-hydrogen) atoms. The van der Waals surface area contributed by atoms with Crippen LogP contribution in [0.4, 0.5) is 0 Å². The van der Waals surface area contributed by atoms with Gasteiger partial charge in [0.1, 0.15) is 0 Å². The van der Waals surface area contributed by atoms with Gasteiger partial charge in [-0.2, -0.15) is 0 Å². The minimum absolute atomic E-state index is 0.790. The number of rotatable bonds is 2. The third-order valence-electron chi connectivity index (χ3n) is 4.78. The van der Waals surface area contributed by atoms with Crippen LogP contribution in [0.3, 0.4) is 0 Å². The van der Waals surface area contributed by atoms with Crippen molar-refractivity contribution in [1.82, 2.24) is 0 Å². The first-order valence-corrected chi connectivity index (χ1v) is 9.89. The maximum Gasteiger partial charge on any atom is -0.0162 e. The van der Waals surface area contributed by atoms with E-state index in [1.54, 1.807) is 0 Å². The van der Waals surface area contributed by atoms with E-state index in [0.717, 1.165) is 11.8 Å². The van der Waals surface area contributed by atoms with Crippen molar-refractivity contribution in [2.24, 2.45) is 5.92 Å². The van der Waals surface area contributed by atoms with Crippen molar-refractivity contribution in [2.45, 2.75) is 73.1 Å². The molecular formula is C24H36. The fourth-order valence-electron chi connectivity index (χ4n) is 3.29.